The van der Waals surface area contributed by atoms with Crippen molar-refractivity contribution in [2.45, 2.75) is 39.5 Å². The van der Waals surface area contributed by atoms with Crippen molar-refractivity contribution in [3.05, 3.63) is 0 Å². The maximum absolute atomic E-state index is 11.6. The Balaban J connectivity index is 2.47. The molecule has 0 saturated carbocycles. The third kappa shape index (κ3) is 4.61. The van der Waals surface area contributed by atoms with Crippen molar-refractivity contribution >= 4 is 23.7 Å². The van der Waals surface area contributed by atoms with E-state index in [4.69, 9.17) is 4.84 Å². The van der Waals surface area contributed by atoms with E-state index in [2.05, 4.69) is 4.84 Å². The van der Waals surface area contributed by atoms with Gasteiger partial charge >= 0.3 is 5.97 Å². The number of rotatable bonds is 7. The summed E-state index contributed by atoms with van der Waals surface area (Å²) in [7, 11) is 0. The van der Waals surface area contributed by atoms with Crippen LogP contribution in [0.1, 0.15) is 39.5 Å². The molecule has 20 heavy (non-hydrogen) atoms. The van der Waals surface area contributed by atoms with Gasteiger partial charge in [0.2, 0.25) is 5.91 Å². The second-order valence-electron chi connectivity index (χ2n) is 4.29. The van der Waals surface area contributed by atoms with Gasteiger partial charge in [-0.1, -0.05) is 13.3 Å². The maximum Gasteiger partial charge on any atom is 0.355 e. The molecule has 0 aromatic rings. The summed E-state index contributed by atoms with van der Waals surface area (Å²) < 4.78 is 0. The largest absolute Gasteiger partial charge is 0.355 e. The Morgan fingerprint density at radius 1 is 1.25 bits per heavy atom. The highest BCUT2D eigenvalue weighted by Gasteiger charge is 2.33. The predicted molar refractivity (Wildman–Crippen MR) is 65.4 cm³/mol. The lowest BCUT2D eigenvalue weighted by Gasteiger charge is -2.20. The molecule has 0 unspecified atom stereocenters. The molecule has 1 saturated heterocycles. The Bertz CT molecular complexity index is 393. The van der Waals surface area contributed by atoms with Crippen molar-refractivity contribution in [2.24, 2.45) is 0 Å². The van der Waals surface area contributed by atoms with Crippen LogP contribution in [0, 0.1) is 0 Å². The number of carbonyl (C=O) groups is 4. The van der Waals surface area contributed by atoms with Crippen molar-refractivity contribution in [3.63, 3.8) is 0 Å². The molecule has 0 radical (unpaired) electrons. The molecule has 0 aromatic carbocycles. The van der Waals surface area contributed by atoms with Crippen LogP contribution in [0.25, 0.3) is 0 Å². The molecule has 1 heterocycles. The fraction of sp³-hybridized carbons (Fsp3) is 0.667. The molecule has 0 bridgehead atoms. The van der Waals surface area contributed by atoms with Gasteiger partial charge in [-0.15, -0.1) is 5.06 Å². The molecule has 0 N–H and O–H groups in total. The summed E-state index contributed by atoms with van der Waals surface area (Å²) in [6.45, 7) is 3.02. The number of hydrogen-bond donors (Lipinski definition) is 0. The zero-order valence-corrected chi connectivity index (χ0v) is 11.6. The maximum atomic E-state index is 11.6. The first-order valence-corrected chi connectivity index (χ1v) is 6.43. The van der Waals surface area contributed by atoms with Crippen LogP contribution in [0.5, 0.6) is 0 Å². The molecule has 3 amide bonds. The Kier molecular flexibility index (Phi) is 6.10. The average molecular weight is 286 g/mol. The van der Waals surface area contributed by atoms with E-state index in [1.165, 1.54) is 6.92 Å². The van der Waals surface area contributed by atoms with Crippen molar-refractivity contribution in [1.29, 1.82) is 0 Å². The Labute approximate surface area is 116 Å². The van der Waals surface area contributed by atoms with Gasteiger partial charge in [0, 0.05) is 19.8 Å². The smallest absolute Gasteiger partial charge is 0.328 e. The number of unbranched alkanes of at least 4 members (excludes halogenated alkanes) is 1. The van der Waals surface area contributed by atoms with E-state index in [0.717, 1.165) is 17.9 Å². The molecule has 8 nitrogen and oxygen atoms in total. The summed E-state index contributed by atoms with van der Waals surface area (Å²) in [5.74, 6) is -2.49. The number of amides is 3. The van der Waals surface area contributed by atoms with Gasteiger partial charge < -0.3 is 4.84 Å². The van der Waals surface area contributed by atoms with Crippen molar-refractivity contribution in [2.75, 3.05) is 13.2 Å². The predicted octanol–water partition coefficient (Wildman–Crippen LogP) is 0.174. The molecule has 1 aliphatic rings. The van der Waals surface area contributed by atoms with Gasteiger partial charge in [-0.25, -0.2) is 9.86 Å². The molecule has 112 valence electrons. The summed E-state index contributed by atoms with van der Waals surface area (Å²) in [5.41, 5.74) is 0. The molecule has 1 aliphatic heterocycles. The number of hydrogen-bond acceptors (Lipinski definition) is 6. The SMILES string of the molecule is CCCCON(CC(=O)ON1C(=O)CCC1=O)C(C)=O. The van der Waals surface area contributed by atoms with E-state index in [1.807, 2.05) is 6.92 Å². The van der Waals surface area contributed by atoms with E-state index in [-0.39, 0.29) is 12.8 Å². The van der Waals surface area contributed by atoms with E-state index >= 15 is 0 Å². The number of hydroxylamine groups is 4. The van der Waals surface area contributed by atoms with Crippen molar-refractivity contribution in [3.8, 4) is 0 Å². The molecule has 0 atom stereocenters. The first-order valence-electron chi connectivity index (χ1n) is 6.43. The Morgan fingerprint density at radius 3 is 2.35 bits per heavy atom. The molecule has 0 aromatic heterocycles. The Morgan fingerprint density at radius 2 is 1.85 bits per heavy atom. The quantitative estimate of drug-likeness (QED) is 0.376. The zero-order valence-electron chi connectivity index (χ0n) is 11.6. The Hall–Kier alpha value is -1.96. The van der Waals surface area contributed by atoms with Crippen LogP contribution in [-0.4, -0.2) is 47.0 Å². The van der Waals surface area contributed by atoms with Crippen LogP contribution in [0.3, 0.4) is 0 Å². The number of nitrogens with zero attached hydrogens (tertiary/aromatic N) is 2. The highest BCUT2D eigenvalue weighted by Crippen LogP contribution is 2.12. The lowest BCUT2D eigenvalue weighted by molar-refractivity contribution is -0.211. The lowest BCUT2D eigenvalue weighted by atomic mass is 10.4. The van der Waals surface area contributed by atoms with Gasteiger partial charge in [0.25, 0.3) is 11.8 Å². The van der Waals surface area contributed by atoms with Crippen LogP contribution < -0.4 is 0 Å². The molecular weight excluding hydrogens is 268 g/mol. The molecule has 0 aliphatic carbocycles. The molecule has 8 heteroatoms. The highest BCUT2D eigenvalue weighted by atomic mass is 16.7. The fourth-order valence-corrected chi connectivity index (χ4v) is 1.47. The topological polar surface area (TPSA) is 93.2 Å². The minimum Gasteiger partial charge on any atom is -0.328 e. The summed E-state index contributed by atoms with van der Waals surface area (Å²) in [5, 5.41) is 1.29. The van der Waals surface area contributed by atoms with Gasteiger partial charge in [0.15, 0.2) is 0 Å². The molecule has 0 spiro atoms. The first kappa shape index (κ1) is 16.1. The van der Waals surface area contributed by atoms with Crippen LogP contribution in [0.15, 0.2) is 0 Å². The van der Waals surface area contributed by atoms with E-state index in [0.29, 0.717) is 11.7 Å². The molecule has 1 rings (SSSR count). The third-order valence-electron chi connectivity index (χ3n) is 2.57. The van der Waals surface area contributed by atoms with Crippen LogP contribution in [-0.2, 0) is 28.9 Å². The number of imide groups is 1. The van der Waals surface area contributed by atoms with Gasteiger partial charge in [-0.3, -0.25) is 19.2 Å². The van der Waals surface area contributed by atoms with Crippen LogP contribution in [0.4, 0.5) is 0 Å². The fourth-order valence-electron chi connectivity index (χ4n) is 1.47. The van der Waals surface area contributed by atoms with Crippen molar-refractivity contribution in [1.82, 2.24) is 10.1 Å². The first-order chi connectivity index (χ1) is 9.45. The van der Waals surface area contributed by atoms with Gasteiger partial charge in [0.1, 0.15) is 6.54 Å². The van der Waals surface area contributed by atoms with E-state index in [1.54, 1.807) is 0 Å². The summed E-state index contributed by atoms with van der Waals surface area (Å²) in [4.78, 5) is 55.2. The van der Waals surface area contributed by atoms with Crippen LogP contribution >= 0.6 is 0 Å². The second-order valence-corrected chi connectivity index (χ2v) is 4.29. The van der Waals surface area contributed by atoms with E-state index < -0.39 is 30.2 Å². The second kappa shape index (κ2) is 7.59. The zero-order chi connectivity index (χ0) is 15.1. The minimum absolute atomic E-state index is 0.0233. The van der Waals surface area contributed by atoms with E-state index in [9.17, 15) is 19.2 Å². The van der Waals surface area contributed by atoms with Crippen LogP contribution in [0.2, 0.25) is 0 Å². The van der Waals surface area contributed by atoms with Gasteiger partial charge in [0.05, 0.1) is 6.61 Å². The molecule has 1 fully saturated rings. The minimum atomic E-state index is -0.903. The van der Waals surface area contributed by atoms with Crippen molar-refractivity contribution < 1.29 is 28.9 Å². The monoisotopic (exact) mass is 286 g/mol. The third-order valence-corrected chi connectivity index (χ3v) is 2.57. The highest BCUT2D eigenvalue weighted by molar-refractivity contribution is 6.01. The van der Waals surface area contributed by atoms with Gasteiger partial charge in [-0.2, -0.15) is 0 Å². The lowest BCUT2D eigenvalue weighted by Crippen LogP contribution is -2.39. The summed E-state index contributed by atoms with van der Waals surface area (Å²) >= 11 is 0. The van der Waals surface area contributed by atoms with Gasteiger partial charge in [-0.05, 0) is 6.42 Å². The summed E-state index contributed by atoms with van der Waals surface area (Å²) in [6.07, 6.45) is 1.67. The molecular formula is C12H18N2O6. The average Bonchev–Trinajstić information content (AvgIpc) is 2.69. The number of carbonyl (C=O) groups excluding carboxylic acids is 4. The normalized spacial score (nSPS) is 14.6. The summed E-state index contributed by atoms with van der Waals surface area (Å²) in [6, 6.07) is 0. The standard InChI is InChI=1S/C12H18N2O6/c1-3-4-7-19-13(9(2)15)8-12(18)20-14-10(16)5-6-11(14)17/h3-8H2,1-2H3.